The SMILES string of the molecule is O=C1C=CC(=O)O1.c1ccc2[nH]ccc2c1. The molecular weight excluding hydrogens is 206 g/mol. The molecule has 0 aliphatic carbocycles. The van der Waals surface area contributed by atoms with Crippen molar-refractivity contribution >= 4 is 22.8 Å². The van der Waals surface area contributed by atoms with Gasteiger partial charge in [0, 0.05) is 23.9 Å². The zero-order valence-corrected chi connectivity index (χ0v) is 8.34. The minimum atomic E-state index is -0.579. The first-order chi connectivity index (χ1) is 7.75. The van der Waals surface area contributed by atoms with Gasteiger partial charge in [0.25, 0.3) is 0 Å². The Morgan fingerprint density at radius 1 is 0.938 bits per heavy atom. The number of aromatic nitrogens is 1. The standard InChI is InChI=1S/C8H7N.C4H2O3/c1-2-4-8-7(3-1)5-6-9-8;5-3-1-2-4(6)7-3/h1-6,9H;1-2H. The second kappa shape index (κ2) is 4.44. The molecule has 0 atom stereocenters. The summed E-state index contributed by atoms with van der Waals surface area (Å²) in [5, 5.41) is 1.28. The number of rotatable bonds is 0. The number of carbonyl (C=O) groups excluding carboxylic acids is 2. The third-order valence-corrected chi connectivity index (χ3v) is 2.02. The van der Waals surface area contributed by atoms with Crippen LogP contribution in [0.5, 0.6) is 0 Å². The zero-order chi connectivity index (χ0) is 11.4. The molecule has 1 aromatic heterocycles. The van der Waals surface area contributed by atoms with Crippen LogP contribution >= 0.6 is 0 Å². The second-order valence-electron chi connectivity index (χ2n) is 3.14. The predicted octanol–water partition coefficient (Wildman–Crippen LogP) is 1.79. The lowest BCUT2D eigenvalue weighted by atomic mass is 10.3. The molecule has 0 spiro atoms. The van der Waals surface area contributed by atoms with Crippen LogP contribution < -0.4 is 0 Å². The molecule has 1 N–H and O–H groups in total. The summed E-state index contributed by atoms with van der Waals surface area (Å²) >= 11 is 0. The van der Waals surface area contributed by atoms with Gasteiger partial charge in [0.1, 0.15) is 0 Å². The molecule has 1 aliphatic heterocycles. The van der Waals surface area contributed by atoms with Crippen LogP contribution in [0.2, 0.25) is 0 Å². The first-order valence-electron chi connectivity index (χ1n) is 4.72. The first kappa shape index (κ1) is 10.2. The number of fused-ring (bicyclic) bond motifs is 1. The van der Waals surface area contributed by atoms with Gasteiger partial charge in [-0.3, -0.25) is 0 Å². The number of aromatic amines is 1. The molecule has 0 fully saturated rings. The lowest BCUT2D eigenvalue weighted by Crippen LogP contribution is -1.96. The van der Waals surface area contributed by atoms with Gasteiger partial charge in [-0.05, 0) is 17.5 Å². The number of hydrogen-bond acceptors (Lipinski definition) is 3. The summed E-state index contributed by atoms with van der Waals surface area (Å²) in [4.78, 5) is 23.0. The fourth-order valence-electron chi connectivity index (χ4n) is 1.30. The second-order valence-corrected chi connectivity index (χ2v) is 3.14. The molecule has 16 heavy (non-hydrogen) atoms. The molecule has 4 heteroatoms. The monoisotopic (exact) mass is 215 g/mol. The summed E-state index contributed by atoms with van der Waals surface area (Å²) < 4.78 is 3.97. The Morgan fingerprint density at radius 3 is 2.19 bits per heavy atom. The highest BCUT2D eigenvalue weighted by Crippen LogP contribution is 2.09. The molecule has 2 heterocycles. The van der Waals surface area contributed by atoms with E-state index in [-0.39, 0.29) is 0 Å². The van der Waals surface area contributed by atoms with Crippen LogP contribution in [0.3, 0.4) is 0 Å². The zero-order valence-electron chi connectivity index (χ0n) is 8.34. The van der Waals surface area contributed by atoms with Crippen LogP contribution in [0.15, 0.2) is 48.7 Å². The summed E-state index contributed by atoms with van der Waals surface area (Å²) in [6, 6.07) is 10.3. The molecule has 0 saturated heterocycles. The van der Waals surface area contributed by atoms with Crippen molar-refractivity contribution in [1.29, 1.82) is 0 Å². The highest BCUT2D eigenvalue weighted by atomic mass is 16.6. The van der Waals surface area contributed by atoms with Crippen molar-refractivity contribution < 1.29 is 14.3 Å². The summed E-state index contributed by atoms with van der Waals surface area (Å²) in [7, 11) is 0. The number of H-pyrrole nitrogens is 1. The van der Waals surface area contributed by atoms with E-state index in [4.69, 9.17) is 0 Å². The van der Waals surface area contributed by atoms with Gasteiger partial charge in [-0.25, -0.2) is 9.59 Å². The van der Waals surface area contributed by atoms with Gasteiger partial charge in [0.15, 0.2) is 0 Å². The Kier molecular flexibility index (Phi) is 2.82. The highest BCUT2D eigenvalue weighted by molar-refractivity contribution is 6.04. The van der Waals surface area contributed by atoms with E-state index in [0.717, 1.165) is 12.2 Å². The van der Waals surface area contributed by atoms with E-state index < -0.39 is 11.9 Å². The quantitative estimate of drug-likeness (QED) is 0.538. The highest BCUT2D eigenvalue weighted by Gasteiger charge is 2.10. The van der Waals surface area contributed by atoms with Crippen molar-refractivity contribution in [1.82, 2.24) is 4.98 Å². The van der Waals surface area contributed by atoms with Gasteiger partial charge in [0.05, 0.1) is 0 Å². The van der Waals surface area contributed by atoms with E-state index in [1.165, 1.54) is 10.9 Å². The molecule has 80 valence electrons. The molecule has 3 rings (SSSR count). The number of para-hydroxylation sites is 1. The number of carbonyl (C=O) groups is 2. The fourth-order valence-corrected chi connectivity index (χ4v) is 1.30. The number of benzene rings is 1. The largest absolute Gasteiger partial charge is 0.387 e. The maximum atomic E-state index is 9.92. The van der Waals surface area contributed by atoms with Crippen LogP contribution in [0.25, 0.3) is 10.9 Å². The smallest absolute Gasteiger partial charge is 0.338 e. The first-order valence-corrected chi connectivity index (χ1v) is 4.72. The average molecular weight is 215 g/mol. The molecule has 0 radical (unpaired) electrons. The lowest BCUT2D eigenvalue weighted by molar-refractivity contribution is -0.150. The van der Waals surface area contributed by atoms with Gasteiger partial charge in [-0.15, -0.1) is 0 Å². The van der Waals surface area contributed by atoms with Crippen molar-refractivity contribution in [2.24, 2.45) is 0 Å². The van der Waals surface area contributed by atoms with Gasteiger partial charge >= 0.3 is 11.9 Å². The van der Waals surface area contributed by atoms with Gasteiger partial charge in [-0.2, -0.15) is 0 Å². The van der Waals surface area contributed by atoms with E-state index >= 15 is 0 Å². The molecule has 0 unspecified atom stereocenters. The molecule has 4 nitrogen and oxygen atoms in total. The van der Waals surface area contributed by atoms with E-state index in [0.29, 0.717) is 0 Å². The minimum Gasteiger partial charge on any atom is -0.387 e. The van der Waals surface area contributed by atoms with Gasteiger partial charge in [0.2, 0.25) is 0 Å². The Balaban J connectivity index is 0.000000125. The topological polar surface area (TPSA) is 59.2 Å². The van der Waals surface area contributed by atoms with Crippen LogP contribution in [0.4, 0.5) is 0 Å². The molecule has 2 aromatic rings. The third-order valence-electron chi connectivity index (χ3n) is 2.02. The summed E-state index contributed by atoms with van der Waals surface area (Å²) in [6.45, 7) is 0. The van der Waals surface area contributed by atoms with E-state index in [1.807, 2.05) is 18.3 Å². The Morgan fingerprint density at radius 2 is 1.62 bits per heavy atom. The Labute approximate surface area is 91.5 Å². The van der Waals surface area contributed by atoms with Crippen molar-refractivity contribution in [2.75, 3.05) is 0 Å². The van der Waals surface area contributed by atoms with Gasteiger partial charge < -0.3 is 9.72 Å². The fraction of sp³-hybridized carbons (Fsp3) is 0. The summed E-state index contributed by atoms with van der Waals surface area (Å²) in [5.74, 6) is -1.16. The van der Waals surface area contributed by atoms with Crippen LogP contribution in [-0.2, 0) is 14.3 Å². The van der Waals surface area contributed by atoms with Crippen molar-refractivity contribution in [3.8, 4) is 0 Å². The molecule has 1 aliphatic rings. The number of esters is 2. The van der Waals surface area contributed by atoms with Crippen molar-refractivity contribution in [3.63, 3.8) is 0 Å². The van der Waals surface area contributed by atoms with E-state index in [1.54, 1.807) is 0 Å². The molecule has 1 aromatic carbocycles. The molecule has 0 bridgehead atoms. The number of hydrogen-bond donors (Lipinski definition) is 1. The van der Waals surface area contributed by atoms with E-state index in [9.17, 15) is 9.59 Å². The van der Waals surface area contributed by atoms with Gasteiger partial charge in [-0.1, -0.05) is 18.2 Å². The Bertz CT molecular complexity index is 508. The molecule has 0 amide bonds. The maximum Gasteiger partial charge on any atom is 0.338 e. The average Bonchev–Trinajstić information content (AvgIpc) is 2.88. The molecule has 0 saturated carbocycles. The minimum absolute atomic E-state index is 0.579. The van der Waals surface area contributed by atoms with Crippen molar-refractivity contribution in [3.05, 3.63) is 48.7 Å². The van der Waals surface area contributed by atoms with Crippen LogP contribution in [0.1, 0.15) is 0 Å². The lowest BCUT2D eigenvalue weighted by Gasteiger charge is -1.83. The van der Waals surface area contributed by atoms with Crippen LogP contribution in [0, 0.1) is 0 Å². The molecular formula is C12H9NO3. The number of cyclic esters (lactones) is 2. The predicted molar refractivity (Wildman–Crippen MR) is 58.5 cm³/mol. The normalized spacial score (nSPS) is 13.5. The Hall–Kier alpha value is -2.36. The summed E-state index contributed by atoms with van der Waals surface area (Å²) in [6.07, 6.45) is 4.12. The number of nitrogens with one attached hydrogen (secondary N) is 1. The van der Waals surface area contributed by atoms with Crippen LogP contribution in [-0.4, -0.2) is 16.9 Å². The summed E-state index contributed by atoms with van der Waals surface area (Å²) in [5.41, 5.74) is 1.21. The van der Waals surface area contributed by atoms with E-state index in [2.05, 4.69) is 27.9 Å². The third kappa shape index (κ3) is 2.36. The maximum absolute atomic E-state index is 9.92. The van der Waals surface area contributed by atoms with Crippen molar-refractivity contribution in [2.45, 2.75) is 0 Å². The number of ether oxygens (including phenoxy) is 1.